The third-order valence-corrected chi connectivity index (χ3v) is 8.47. The predicted molar refractivity (Wildman–Crippen MR) is 192 cm³/mol. The highest BCUT2D eigenvalue weighted by atomic mass is 16.5. The van der Waals surface area contributed by atoms with Gasteiger partial charge in [0, 0.05) is 6.42 Å². The Balaban J connectivity index is 5.14. The maximum Gasteiger partial charge on any atom is 0.306 e. The minimum Gasteiger partial charge on any atom is -0.462 e. The molecule has 1 atom stereocenters. The quantitative estimate of drug-likeness (QED) is 0.0436. The Bertz CT molecular complexity index is 639. The van der Waals surface area contributed by atoms with Crippen LogP contribution in [0.5, 0.6) is 0 Å². The van der Waals surface area contributed by atoms with E-state index in [9.17, 15) is 4.79 Å². The molecule has 252 valence electrons. The summed E-state index contributed by atoms with van der Waals surface area (Å²) in [6.45, 7) is 7.89. The Labute approximate surface area is 270 Å². The van der Waals surface area contributed by atoms with Crippen molar-refractivity contribution in [2.75, 3.05) is 20.6 Å². The van der Waals surface area contributed by atoms with Crippen LogP contribution >= 0.6 is 0 Å². The second kappa shape index (κ2) is 33.5. The van der Waals surface area contributed by atoms with Crippen LogP contribution in [0.15, 0.2) is 36.5 Å². The van der Waals surface area contributed by atoms with Gasteiger partial charge in [-0.25, -0.2) is 0 Å². The van der Waals surface area contributed by atoms with E-state index in [1.165, 1.54) is 89.9 Å². The zero-order chi connectivity index (χ0) is 31.6. The largest absolute Gasteiger partial charge is 0.462 e. The Kier molecular flexibility index (Phi) is 32.5. The summed E-state index contributed by atoms with van der Waals surface area (Å²) in [6, 6.07) is 0. The van der Waals surface area contributed by atoms with Crippen molar-refractivity contribution in [3.63, 3.8) is 0 Å². The lowest BCUT2D eigenvalue weighted by molar-refractivity contribution is -0.153. The number of ether oxygens (including phenoxy) is 1. The maximum atomic E-state index is 13.0. The van der Waals surface area contributed by atoms with Gasteiger partial charge in [-0.15, -0.1) is 0 Å². The van der Waals surface area contributed by atoms with E-state index in [-0.39, 0.29) is 12.1 Å². The number of hydrogen-bond donors (Lipinski definition) is 0. The molecule has 0 aliphatic carbocycles. The monoisotopic (exact) mass is 602 g/mol. The first-order valence-corrected chi connectivity index (χ1v) is 18.8. The van der Waals surface area contributed by atoms with Gasteiger partial charge in [-0.3, -0.25) is 4.79 Å². The van der Waals surface area contributed by atoms with Gasteiger partial charge in [-0.05, 0) is 136 Å². The molecule has 3 heteroatoms. The van der Waals surface area contributed by atoms with Crippen LogP contribution in [0.2, 0.25) is 0 Å². The van der Waals surface area contributed by atoms with Crippen molar-refractivity contribution in [1.29, 1.82) is 0 Å². The van der Waals surface area contributed by atoms with Crippen LogP contribution in [-0.4, -0.2) is 37.6 Å². The Morgan fingerprint density at radius 2 is 0.953 bits per heavy atom. The first-order chi connectivity index (χ1) is 21.0. The second-order valence-corrected chi connectivity index (χ2v) is 13.1. The number of hydrogen-bond acceptors (Lipinski definition) is 3. The van der Waals surface area contributed by atoms with Crippen molar-refractivity contribution >= 4 is 5.97 Å². The Morgan fingerprint density at radius 3 is 1.37 bits per heavy atom. The summed E-state index contributed by atoms with van der Waals surface area (Å²) in [5.74, 6) is 0.495. The average Bonchev–Trinajstić information content (AvgIpc) is 2.99. The van der Waals surface area contributed by atoms with Gasteiger partial charge in [-0.1, -0.05) is 102 Å². The molecule has 0 radical (unpaired) electrons. The first kappa shape index (κ1) is 41.7. The van der Waals surface area contributed by atoms with Crippen LogP contribution in [-0.2, 0) is 9.53 Å². The summed E-state index contributed by atoms with van der Waals surface area (Å²) >= 11 is 0. The van der Waals surface area contributed by atoms with E-state index in [0.29, 0.717) is 12.3 Å². The van der Waals surface area contributed by atoms with Crippen LogP contribution in [0.3, 0.4) is 0 Å². The molecule has 0 N–H and O–H groups in total. The molecule has 0 spiro atoms. The summed E-state index contributed by atoms with van der Waals surface area (Å²) < 4.78 is 6.34. The van der Waals surface area contributed by atoms with E-state index in [2.05, 4.69) is 76.2 Å². The van der Waals surface area contributed by atoms with Crippen molar-refractivity contribution in [1.82, 2.24) is 4.90 Å². The molecule has 0 aliphatic heterocycles. The number of rotatable bonds is 32. The van der Waals surface area contributed by atoms with Gasteiger partial charge >= 0.3 is 5.97 Å². The molecule has 0 aromatic heterocycles. The molecule has 0 amide bonds. The lowest BCUT2D eigenvalue weighted by Crippen LogP contribution is -2.27. The molecular weight excluding hydrogens is 526 g/mol. The van der Waals surface area contributed by atoms with Gasteiger partial charge in [0.15, 0.2) is 0 Å². The minimum absolute atomic E-state index is 0.0293. The Morgan fingerprint density at radius 1 is 0.535 bits per heavy atom. The van der Waals surface area contributed by atoms with Gasteiger partial charge in [0.2, 0.25) is 0 Å². The van der Waals surface area contributed by atoms with Gasteiger partial charge in [0.25, 0.3) is 0 Å². The fourth-order valence-electron chi connectivity index (χ4n) is 5.69. The first-order valence-electron chi connectivity index (χ1n) is 18.8. The minimum atomic E-state index is 0.0293. The molecule has 0 heterocycles. The van der Waals surface area contributed by atoms with Crippen molar-refractivity contribution in [2.45, 2.75) is 187 Å². The van der Waals surface area contributed by atoms with Crippen LogP contribution < -0.4 is 0 Å². The van der Waals surface area contributed by atoms with Crippen molar-refractivity contribution in [2.24, 2.45) is 5.92 Å². The summed E-state index contributed by atoms with van der Waals surface area (Å²) in [4.78, 5) is 15.2. The highest BCUT2D eigenvalue weighted by Gasteiger charge is 2.24. The number of unbranched alkanes of at least 4 members (excludes halogenated alkanes) is 14. The fraction of sp³-hybridized carbons (Fsp3) is 0.825. The molecular formula is C40H75NO2. The van der Waals surface area contributed by atoms with Gasteiger partial charge in [0.05, 0.1) is 0 Å². The van der Waals surface area contributed by atoms with Crippen LogP contribution in [0.4, 0.5) is 0 Å². The number of carbonyl (C=O) groups excluding carboxylic acids is 1. The molecule has 0 aromatic carbocycles. The molecule has 1 unspecified atom stereocenters. The van der Waals surface area contributed by atoms with Gasteiger partial charge in [0.1, 0.15) is 6.10 Å². The van der Waals surface area contributed by atoms with E-state index in [0.717, 1.165) is 70.8 Å². The summed E-state index contributed by atoms with van der Waals surface area (Å²) in [5.41, 5.74) is 0. The number of carbonyl (C=O) groups is 1. The molecule has 43 heavy (non-hydrogen) atoms. The normalized spacial score (nSPS) is 13.0. The topological polar surface area (TPSA) is 29.5 Å². The molecule has 3 nitrogen and oxygen atoms in total. The highest BCUT2D eigenvalue weighted by Crippen LogP contribution is 2.27. The smallest absolute Gasteiger partial charge is 0.306 e. The molecule has 0 saturated carbocycles. The second-order valence-electron chi connectivity index (χ2n) is 13.1. The zero-order valence-electron chi connectivity index (χ0n) is 29.8. The summed E-state index contributed by atoms with van der Waals surface area (Å²) in [6.07, 6.45) is 43.6. The van der Waals surface area contributed by atoms with Crippen molar-refractivity contribution < 1.29 is 9.53 Å². The lowest BCUT2D eigenvalue weighted by Gasteiger charge is -2.27. The SMILES string of the molecule is CCCCC/C=C/CCCC(CCC/C=C/CCCCC)C(CCC/C=C/CCCCC)OC(=O)CCCCCN(C)C. The zero-order valence-corrected chi connectivity index (χ0v) is 29.8. The molecule has 0 aromatic rings. The number of esters is 1. The molecule has 0 saturated heterocycles. The summed E-state index contributed by atoms with van der Waals surface area (Å²) in [7, 11) is 4.23. The summed E-state index contributed by atoms with van der Waals surface area (Å²) in [5, 5.41) is 0. The van der Waals surface area contributed by atoms with Crippen molar-refractivity contribution in [3.8, 4) is 0 Å². The highest BCUT2D eigenvalue weighted by molar-refractivity contribution is 5.69. The van der Waals surface area contributed by atoms with Gasteiger partial charge < -0.3 is 9.64 Å². The molecule has 0 bridgehead atoms. The third-order valence-electron chi connectivity index (χ3n) is 8.47. The van der Waals surface area contributed by atoms with E-state index >= 15 is 0 Å². The van der Waals surface area contributed by atoms with E-state index in [4.69, 9.17) is 4.74 Å². The third kappa shape index (κ3) is 30.5. The number of allylic oxidation sites excluding steroid dienone is 6. The van der Waals surface area contributed by atoms with E-state index < -0.39 is 0 Å². The van der Waals surface area contributed by atoms with Crippen molar-refractivity contribution in [3.05, 3.63) is 36.5 Å². The van der Waals surface area contributed by atoms with Gasteiger partial charge in [-0.2, -0.15) is 0 Å². The maximum absolute atomic E-state index is 13.0. The Hall–Kier alpha value is -1.35. The lowest BCUT2D eigenvalue weighted by atomic mass is 9.87. The standard InChI is InChI=1S/C40H75NO2/c1-6-9-12-15-18-21-24-28-33-38(34-29-25-22-19-16-13-10-7-2)39(35-30-26-23-20-17-14-11-8-3)43-40(42)36-31-27-32-37-41(4)5/h18-23,38-39H,6-17,24-37H2,1-5H3/b21-18+,22-19+,23-20+. The molecule has 0 rings (SSSR count). The number of nitrogens with zero attached hydrogens (tertiary/aromatic N) is 1. The molecule has 0 fully saturated rings. The fourth-order valence-corrected chi connectivity index (χ4v) is 5.69. The molecule has 0 aliphatic rings. The van der Waals surface area contributed by atoms with Crippen LogP contribution in [0.25, 0.3) is 0 Å². The predicted octanol–water partition coefficient (Wildman–Crippen LogP) is 12.6. The van der Waals surface area contributed by atoms with E-state index in [1.807, 2.05) is 0 Å². The van der Waals surface area contributed by atoms with Crippen LogP contribution in [0, 0.1) is 5.92 Å². The van der Waals surface area contributed by atoms with E-state index in [1.54, 1.807) is 0 Å². The van der Waals surface area contributed by atoms with Crippen LogP contribution in [0.1, 0.15) is 181 Å². The average molecular weight is 602 g/mol.